The fourth-order valence-corrected chi connectivity index (χ4v) is 9.34. The normalized spacial score (nSPS) is 25.3. The number of phenols is 1. The molecule has 8 rings (SSSR count). The van der Waals surface area contributed by atoms with Crippen molar-refractivity contribution in [3.63, 3.8) is 0 Å². The number of nitrogens with zero attached hydrogens (tertiary/aromatic N) is 2. The van der Waals surface area contributed by atoms with Crippen LogP contribution in [0.3, 0.4) is 0 Å². The standard InChI is InChI=1S/C44H37ClFN3O8/c1-23(50)25-5-15-30(16-6-25)48-40(52)32-18-17-31-33(38(32)42(48)54)22-35-41(53)49(47-29-13-11-28(46)12-14-29)43(55)44(35,26-7-9-27(45)10-8-26)34(31)19-4-24-20-36(56-2)39(51)37(21-24)57-3/h4-17,19-21,32-35,38,47,51H,18,22H2,1-3H3. The molecule has 1 saturated carbocycles. The molecular weight excluding hydrogens is 753 g/mol. The minimum Gasteiger partial charge on any atom is -0.502 e. The number of hydrogen-bond acceptors (Lipinski definition) is 9. The van der Waals surface area contributed by atoms with Gasteiger partial charge in [0.15, 0.2) is 17.3 Å². The van der Waals surface area contributed by atoms with Gasteiger partial charge in [0.2, 0.25) is 17.6 Å². The first-order valence-electron chi connectivity index (χ1n) is 18.4. The Bertz CT molecular complexity index is 2370. The van der Waals surface area contributed by atoms with Crippen LogP contribution in [0.1, 0.15) is 41.3 Å². The third-order valence-electron chi connectivity index (χ3n) is 11.8. The second kappa shape index (κ2) is 14.3. The number of carbonyl (C=O) groups excluding carboxylic acids is 5. The molecule has 0 aromatic heterocycles. The molecule has 2 N–H and O–H groups in total. The van der Waals surface area contributed by atoms with Gasteiger partial charge in [-0.15, -0.1) is 0 Å². The molecular formula is C44H37ClFN3O8. The molecule has 4 aromatic carbocycles. The fourth-order valence-electron chi connectivity index (χ4n) is 9.22. The number of Topliss-reactive ketones (excluding diaryl/α,β-unsaturated/α-hetero) is 1. The zero-order valence-corrected chi connectivity index (χ0v) is 31.8. The van der Waals surface area contributed by atoms with Crippen molar-refractivity contribution in [3.05, 3.63) is 130 Å². The average Bonchev–Trinajstić information content (AvgIpc) is 3.59. The zero-order chi connectivity index (χ0) is 40.3. The summed E-state index contributed by atoms with van der Waals surface area (Å²) in [5.74, 6) is -6.57. The first kappa shape index (κ1) is 37.6. The quantitative estimate of drug-likeness (QED) is 0.103. The Balaban J connectivity index is 1.29. The molecule has 6 unspecified atom stereocenters. The van der Waals surface area contributed by atoms with Crippen molar-refractivity contribution in [1.82, 2.24) is 5.01 Å². The van der Waals surface area contributed by atoms with Gasteiger partial charge in [-0.1, -0.05) is 47.5 Å². The lowest BCUT2D eigenvalue weighted by Gasteiger charge is -2.49. The summed E-state index contributed by atoms with van der Waals surface area (Å²) < 4.78 is 24.7. The van der Waals surface area contributed by atoms with Crippen LogP contribution in [0.15, 0.2) is 103 Å². The highest BCUT2D eigenvalue weighted by molar-refractivity contribution is 6.30. The largest absolute Gasteiger partial charge is 0.502 e. The first-order valence-corrected chi connectivity index (χ1v) is 18.7. The summed E-state index contributed by atoms with van der Waals surface area (Å²) in [5.41, 5.74) is 4.21. The molecule has 0 radical (unpaired) electrons. The molecule has 0 spiro atoms. The van der Waals surface area contributed by atoms with Crippen molar-refractivity contribution < 1.29 is 42.9 Å². The van der Waals surface area contributed by atoms with E-state index < -0.39 is 58.5 Å². The number of fused-ring (bicyclic) bond motifs is 4. The van der Waals surface area contributed by atoms with Crippen LogP contribution in [0.2, 0.25) is 5.02 Å². The summed E-state index contributed by atoms with van der Waals surface area (Å²) in [4.78, 5) is 71.9. The molecule has 6 atom stereocenters. The van der Waals surface area contributed by atoms with Crippen LogP contribution in [0.4, 0.5) is 15.8 Å². The van der Waals surface area contributed by atoms with Gasteiger partial charge in [0.05, 0.1) is 48.8 Å². The van der Waals surface area contributed by atoms with Gasteiger partial charge in [0.25, 0.3) is 11.8 Å². The van der Waals surface area contributed by atoms with Crippen molar-refractivity contribution in [2.24, 2.45) is 29.6 Å². The fraction of sp³-hybridized carbons (Fsp3) is 0.250. The van der Waals surface area contributed by atoms with Gasteiger partial charge in [-0.2, -0.15) is 5.01 Å². The van der Waals surface area contributed by atoms with Gasteiger partial charge in [-0.25, -0.2) is 4.39 Å². The number of allylic oxidation sites excluding steroid dienone is 3. The van der Waals surface area contributed by atoms with Gasteiger partial charge in [0.1, 0.15) is 5.82 Å². The summed E-state index contributed by atoms with van der Waals surface area (Å²) >= 11 is 6.38. The lowest BCUT2D eigenvalue weighted by atomic mass is 9.50. The Morgan fingerprint density at radius 1 is 0.895 bits per heavy atom. The van der Waals surface area contributed by atoms with Crippen LogP contribution in [0, 0.1) is 35.4 Å². The maximum absolute atomic E-state index is 15.3. The van der Waals surface area contributed by atoms with E-state index in [1.807, 2.05) is 12.2 Å². The Hall–Kier alpha value is -6.27. The van der Waals surface area contributed by atoms with Crippen molar-refractivity contribution in [3.8, 4) is 17.2 Å². The number of hydrazine groups is 1. The Kier molecular flexibility index (Phi) is 9.47. The van der Waals surface area contributed by atoms with Crippen LogP contribution in [-0.2, 0) is 24.6 Å². The SMILES string of the molecule is COc1cc(C=CC2C3=CCC4C(=O)N(c5ccc(C(C)=O)cc5)C(=O)C4C3CC3C(=O)N(Nc4ccc(F)cc4)C(=O)C23c2ccc(Cl)cc2)cc(OC)c1O. The molecule has 4 amide bonds. The molecule has 13 heteroatoms. The van der Waals surface area contributed by atoms with E-state index >= 15 is 4.79 Å². The van der Waals surface area contributed by atoms with E-state index in [0.29, 0.717) is 33.1 Å². The highest BCUT2D eigenvalue weighted by Crippen LogP contribution is 2.62. The van der Waals surface area contributed by atoms with Gasteiger partial charge < -0.3 is 14.6 Å². The Morgan fingerprint density at radius 2 is 1.54 bits per heavy atom. The van der Waals surface area contributed by atoms with Crippen LogP contribution < -0.4 is 19.8 Å². The van der Waals surface area contributed by atoms with Crippen molar-refractivity contribution in [2.45, 2.75) is 25.2 Å². The number of carbonyl (C=O) groups is 5. The zero-order valence-electron chi connectivity index (χ0n) is 31.1. The van der Waals surface area contributed by atoms with Crippen molar-refractivity contribution >= 4 is 58.5 Å². The molecule has 3 fully saturated rings. The molecule has 57 heavy (non-hydrogen) atoms. The number of rotatable bonds is 9. The molecule has 0 bridgehead atoms. The van der Waals surface area contributed by atoms with E-state index in [0.717, 1.165) is 10.6 Å². The summed E-state index contributed by atoms with van der Waals surface area (Å²) in [7, 11) is 2.81. The van der Waals surface area contributed by atoms with Gasteiger partial charge in [-0.05, 0) is 110 Å². The van der Waals surface area contributed by atoms with Gasteiger partial charge in [-0.3, -0.25) is 34.3 Å². The lowest BCUT2D eigenvalue weighted by molar-refractivity contribution is -0.139. The Morgan fingerprint density at radius 3 is 2.16 bits per heavy atom. The predicted molar refractivity (Wildman–Crippen MR) is 209 cm³/mol. The maximum Gasteiger partial charge on any atom is 0.260 e. The maximum atomic E-state index is 15.3. The molecule has 4 aromatic rings. The summed E-state index contributed by atoms with van der Waals surface area (Å²) in [5, 5.41) is 12.0. The monoisotopic (exact) mass is 789 g/mol. The minimum atomic E-state index is -1.57. The van der Waals surface area contributed by atoms with E-state index in [4.69, 9.17) is 21.1 Å². The minimum absolute atomic E-state index is 0.0587. The molecule has 11 nitrogen and oxygen atoms in total. The molecule has 2 heterocycles. The average molecular weight is 790 g/mol. The number of aromatic hydroxyl groups is 1. The highest BCUT2D eigenvalue weighted by atomic mass is 35.5. The number of hydrogen-bond donors (Lipinski definition) is 2. The summed E-state index contributed by atoms with van der Waals surface area (Å²) in [6, 6.07) is 21.5. The van der Waals surface area contributed by atoms with Crippen molar-refractivity contribution in [1.29, 1.82) is 0 Å². The third-order valence-corrected chi connectivity index (χ3v) is 12.1. The number of nitrogens with one attached hydrogen (secondary N) is 1. The number of benzene rings is 4. The first-order chi connectivity index (χ1) is 27.4. The highest BCUT2D eigenvalue weighted by Gasteiger charge is 2.69. The van der Waals surface area contributed by atoms with E-state index in [1.54, 1.807) is 66.7 Å². The van der Waals surface area contributed by atoms with E-state index in [2.05, 4.69) is 5.43 Å². The van der Waals surface area contributed by atoms with E-state index in [1.165, 1.54) is 50.3 Å². The van der Waals surface area contributed by atoms with E-state index in [-0.39, 0.29) is 41.8 Å². The molecule has 290 valence electrons. The predicted octanol–water partition coefficient (Wildman–Crippen LogP) is 7.14. The number of halogens is 2. The number of imide groups is 2. The second-order valence-electron chi connectivity index (χ2n) is 14.7. The van der Waals surface area contributed by atoms with E-state index in [9.17, 15) is 28.7 Å². The summed E-state index contributed by atoms with van der Waals surface area (Å²) in [6.07, 6.45) is 5.75. The smallest absolute Gasteiger partial charge is 0.260 e. The van der Waals surface area contributed by atoms with Gasteiger partial charge >= 0.3 is 0 Å². The number of anilines is 2. The lowest BCUT2D eigenvalue weighted by Crippen LogP contribution is -2.54. The van der Waals surface area contributed by atoms with Crippen LogP contribution in [0.5, 0.6) is 17.2 Å². The van der Waals surface area contributed by atoms with Crippen molar-refractivity contribution in [2.75, 3.05) is 24.5 Å². The molecule has 4 aliphatic rings. The molecule has 2 aliphatic heterocycles. The Labute approximate surface area is 332 Å². The van der Waals surface area contributed by atoms with Crippen LogP contribution >= 0.6 is 11.6 Å². The number of phenolic OH excluding ortho intramolecular Hbond substituents is 1. The third kappa shape index (κ3) is 5.97. The number of ketones is 1. The number of amides is 4. The second-order valence-corrected chi connectivity index (χ2v) is 15.1. The van der Waals surface area contributed by atoms with Gasteiger partial charge in [0, 0.05) is 16.5 Å². The van der Waals surface area contributed by atoms with Crippen LogP contribution in [-0.4, -0.2) is 53.7 Å². The molecule has 2 saturated heterocycles. The topological polar surface area (TPSA) is 143 Å². The molecule has 2 aliphatic carbocycles. The number of methoxy groups -OCH3 is 2. The number of ether oxygens (including phenoxy) is 2. The van der Waals surface area contributed by atoms with Crippen LogP contribution in [0.25, 0.3) is 6.08 Å². The summed E-state index contributed by atoms with van der Waals surface area (Å²) in [6.45, 7) is 1.43.